The van der Waals surface area contributed by atoms with E-state index in [1.54, 1.807) is 41.5 Å². The summed E-state index contributed by atoms with van der Waals surface area (Å²) in [5.41, 5.74) is 11.2. The molecule has 1 saturated heterocycles. The molecule has 0 radical (unpaired) electrons. The van der Waals surface area contributed by atoms with E-state index in [1.165, 1.54) is 13.8 Å². The number of aliphatic hydroxyl groups excluding tert-OH is 1. The zero-order valence-corrected chi connectivity index (χ0v) is 38.2. The first-order valence-electron chi connectivity index (χ1n) is 20.4. The Labute approximate surface area is 369 Å². The molecule has 352 valence electrons. The van der Waals surface area contributed by atoms with Gasteiger partial charge in [0.1, 0.15) is 42.3 Å². The van der Waals surface area contributed by atoms with Crippen LogP contribution < -0.4 is 54.0 Å². The summed E-state index contributed by atoms with van der Waals surface area (Å²) in [7, 11) is 1.93. The molecule has 0 aromatic carbocycles. The lowest BCUT2D eigenvalue weighted by molar-refractivity contribution is -0.138. The van der Waals surface area contributed by atoms with Crippen molar-refractivity contribution in [2.75, 3.05) is 18.8 Å². The van der Waals surface area contributed by atoms with E-state index in [0.717, 1.165) is 21.6 Å². The van der Waals surface area contributed by atoms with E-state index in [9.17, 15) is 58.2 Å². The Balaban J connectivity index is 3.78. The Bertz CT molecular complexity index is 1620. The van der Waals surface area contributed by atoms with E-state index < -0.39 is 131 Å². The smallest absolute Gasteiger partial charge is 0.303 e. The van der Waals surface area contributed by atoms with Crippen LogP contribution in [0.5, 0.6) is 0 Å². The second-order valence-electron chi connectivity index (χ2n) is 16.0. The highest BCUT2D eigenvalue weighted by molar-refractivity contribution is 8.77. The quantitative estimate of drug-likeness (QED) is 0.0462. The summed E-state index contributed by atoms with van der Waals surface area (Å²) in [6.07, 6.45) is -1.07. The maximum atomic E-state index is 14.0. The maximum Gasteiger partial charge on any atom is 0.303 e. The number of amides is 9. The molecular formula is C38H66N10O12S2. The number of hydrogen-bond acceptors (Lipinski definition) is 14. The highest BCUT2D eigenvalue weighted by Crippen LogP contribution is 2.39. The van der Waals surface area contributed by atoms with Crippen LogP contribution in [0.3, 0.4) is 0 Å². The van der Waals surface area contributed by atoms with Crippen LogP contribution in [0, 0.1) is 11.8 Å². The SMILES string of the molecule is CC[C@H](C)[C@@H]1NC(=O)CNC(=O)[C@H]([C@@H](C)O)NC(=O)[C@@H](NC(=O)[C@H](CCCCN)NC(=O)[C@@H](NC(C)=O)C(C)C)CSSC(C)(C)[C@@H](C(=O)N[C@@H](CCC(=O)O)C(N)=O)NC1=O. The lowest BCUT2D eigenvalue weighted by Gasteiger charge is -2.35. The Hall–Kier alpha value is -4.68. The summed E-state index contributed by atoms with van der Waals surface area (Å²) in [5, 5.41) is 40.0. The largest absolute Gasteiger partial charge is 0.481 e. The Morgan fingerprint density at radius 2 is 1.50 bits per heavy atom. The fraction of sp³-hybridized carbons (Fsp3) is 0.737. The molecular weight excluding hydrogens is 853 g/mol. The van der Waals surface area contributed by atoms with Crippen LogP contribution in [-0.4, -0.2) is 141 Å². The molecule has 22 nitrogen and oxygen atoms in total. The van der Waals surface area contributed by atoms with Crippen LogP contribution in [0.25, 0.3) is 0 Å². The number of aliphatic hydroxyl groups is 1. The molecule has 24 heteroatoms. The van der Waals surface area contributed by atoms with Crippen LogP contribution in [0.2, 0.25) is 0 Å². The molecule has 1 aliphatic rings. The summed E-state index contributed by atoms with van der Waals surface area (Å²) in [5.74, 6) is -9.90. The molecule has 1 heterocycles. The zero-order valence-electron chi connectivity index (χ0n) is 36.6. The van der Waals surface area contributed by atoms with Gasteiger partial charge in [-0.3, -0.25) is 47.9 Å². The van der Waals surface area contributed by atoms with Crippen molar-refractivity contribution < 1.29 is 58.2 Å². The lowest BCUT2D eigenvalue weighted by atomic mass is 9.96. The average molecular weight is 919 g/mol. The second-order valence-corrected chi connectivity index (χ2v) is 19.0. The van der Waals surface area contributed by atoms with Gasteiger partial charge in [0.15, 0.2) is 0 Å². The molecule has 14 N–H and O–H groups in total. The zero-order chi connectivity index (χ0) is 47.5. The van der Waals surface area contributed by atoms with Crippen LogP contribution in [0.15, 0.2) is 0 Å². The first kappa shape index (κ1) is 55.3. The molecule has 0 unspecified atom stereocenters. The third kappa shape index (κ3) is 18.7. The number of carboxylic acid groups (broad SMARTS) is 1. The predicted molar refractivity (Wildman–Crippen MR) is 231 cm³/mol. The number of unbranched alkanes of at least 4 members (excludes halogenated alkanes) is 1. The fourth-order valence-corrected chi connectivity index (χ4v) is 8.81. The topological polar surface area (TPSA) is 359 Å². The lowest BCUT2D eigenvalue weighted by Crippen LogP contribution is -2.63. The van der Waals surface area contributed by atoms with E-state index in [4.69, 9.17) is 11.5 Å². The van der Waals surface area contributed by atoms with Crippen molar-refractivity contribution in [3.63, 3.8) is 0 Å². The van der Waals surface area contributed by atoms with E-state index >= 15 is 0 Å². The van der Waals surface area contributed by atoms with Crippen molar-refractivity contribution in [3.05, 3.63) is 0 Å². The molecule has 1 rings (SSSR count). The number of rotatable bonds is 19. The van der Waals surface area contributed by atoms with Crippen molar-refractivity contribution in [1.82, 2.24) is 42.5 Å². The van der Waals surface area contributed by atoms with Gasteiger partial charge < -0.3 is 64.2 Å². The standard InChI is InChI=1S/C38H66N10O12S2/c1-9-19(4)28-36(59)48-30(37(60)43-22(31(40)54)13-14-26(52)53)38(7,8)62-61-17-24(33(56)47-29(20(5)49)34(57)41-16-25(51)46-28)45-32(55)23(12-10-11-15-39)44-35(58)27(18(2)3)42-21(6)50/h18-20,22-24,27-30,49H,9-17,39H2,1-8H3,(H2,40,54)(H,41,57)(H,42,50)(H,43,60)(H,44,58)(H,45,55)(H,46,51)(H,47,56)(H,48,59)(H,52,53)/t19-,20+,22-,23-,24-,27-,28-,29-,30+/m0/s1. The van der Waals surface area contributed by atoms with E-state index in [0.29, 0.717) is 19.3 Å². The number of carbonyl (C=O) groups is 10. The normalized spacial score (nSPS) is 22.7. The number of carboxylic acids is 1. The van der Waals surface area contributed by atoms with Gasteiger partial charge in [0.2, 0.25) is 53.2 Å². The molecule has 0 spiro atoms. The highest BCUT2D eigenvalue weighted by Gasteiger charge is 2.42. The molecule has 0 aromatic heterocycles. The highest BCUT2D eigenvalue weighted by atomic mass is 33.1. The van der Waals surface area contributed by atoms with Crippen molar-refractivity contribution in [1.29, 1.82) is 0 Å². The minimum absolute atomic E-state index is 0.0799. The monoisotopic (exact) mass is 918 g/mol. The number of carbonyl (C=O) groups excluding carboxylic acids is 9. The molecule has 0 aromatic rings. The fourth-order valence-electron chi connectivity index (χ4n) is 5.99. The number of hydrogen-bond donors (Lipinski definition) is 12. The van der Waals surface area contributed by atoms with Gasteiger partial charge in [-0.05, 0) is 64.8 Å². The van der Waals surface area contributed by atoms with Gasteiger partial charge in [-0.1, -0.05) is 55.7 Å². The summed E-state index contributed by atoms with van der Waals surface area (Å²) in [6, 6.07) is -9.55. The molecule has 1 fully saturated rings. The van der Waals surface area contributed by atoms with Gasteiger partial charge in [-0.25, -0.2) is 0 Å². The number of nitrogens with two attached hydrogens (primary N) is 2. The van der Waals surface area contributed by atoms with Crippen molar-refractivity contribution in [2.24, 2.45) is 23.3 Å². The van der Waals surface area contributed by atoms with Crippen LogP contribution >= 0.6 is 21.6 Å². The van der Waals surface area contributed by atoms with E-state index in [-0.39, 0.29) is 31.1 Å². The Morgan fingerprint density at radius 1 is 0.855 bits per heavy atom. The molecule has 0 bridgehead atoms. The summed E-state index contributed by atoms with van der Waals surface area (Å²) < 4.78 is -1.34. The van der Waals surface area contributed by atoms with Crippen LogP contribution in [0.4, 0.5) is 0 Å². The third-order valence-electron chi connectivity index (χ3n) is 9.88. The summed E-state index contributed by atoms with van der Waals surface area (Å²) >= 11 is 0. The van der Waals surface area contributed by atoms with Gasteiger partial charge in [0.25, 0.3) is 0 Å². The van der Waals surface area contributed by atoms with Gasteiger partial charge >= 0.3 is 5.97 Å². The van der Waals surface area contributed by atoms with Crippen molar-refractivity contribution in [2.45, 2.75) is 147 Å². The van der Waals surface area contributed by atoms with Gasteiger partial charge in [-0.15, -0.1) is 0 Å². The minimum Gasteiger partial charge on any atom is -0.481 e. The third-order valence-corrected chi connectivity index (χ3v) is 13.2. The first-order chi connectivity index (χ1) is 28.9. The first-order valence-corrected chi connectivity index (χ1v) is 22.7. The summed E-state index contributed by atoms with van der Waals surface area (Å²) in [4.78, 5) is 131. The van der Waals surface area contributed by atoms with E-state index in [1.807, 2.05) is 0 Å². The predicted octanol–water partition coefficient (Wildman–Crippen LogP) is -2.75. The van der Waals surface area contributed by atoms with Crippen molar-refractivity contribution >= 4 is 80.7 Å². The van der Waals surface area contributed by atoms with Gasteiger partial charge in [0, 0.05) is 23.8 Å². The number of primary amides is 1. The molecule has 0 aliphatic carbocycles. The van der Waals surface area contributed by atoms with Gasteiger partial charge in [0.05, 0.1) is 12.6 Å². The molecule has 9 amide bonds. The van der Waals surface area contributed by atoms with E-state index in [2.05, 4.69) is 42.5 Å². The maximum absolute atomic E-state index is 14.0. The summed E-state index contributed by atoms with van der Waals surface area (Å²) in [6.45, 7) is 12.0. The minimum atomic E-state index is -1.63. The van der Waals surface area contributed by atoms with Gasteiger partial charge in [-0.2, -0.15) is 0 Å². The average Bonchev–Trinajstić information content (AvgIpc) is 3.18. The second kappa shape index (κ2) is 26.7. The van der Waals surface area contributed by atoms with Crippen molar-refractivity contribution in [3.8, 4) is 0 Å². The molecule has 62 heavy (non-hydrogen) atoms. The van der Waals surface area contributed by atoms with Crippen LogP contribution in [-0.2, 0) is 47.9 Å². The Morgan fingerprint density at radius 3 is 2.03 bits per heavy atom. The molecule has 0 saturated carbocycles. The molecule has 9 atom stereocenters. The van der Waals surface area contributed by atoms with Crippen LogP contribution in [0.1, 0.15) is 93.9 Å². The molecule has 1 aliphatic heterocycles. The number of aliphatic carboxylic acids is 1. The number of nitrogens with one attached hydrogen (secondary N) is 8. The Kier molecular flexibility index (Phi) is 23.8.